The van der Waals surface area contributed by atoms with Crippen LogP contribution in [0.4, 0.5) is 0 Å². The summed E-state index contributed by atoms with van der Waals surface area (Å²) >= 11 is 6.12. The van der Waals surface area contributed by atoms with Gasteiger partial charge in [0.15, 0.2) is 0 Å². The molecule has 1 heterocycles. The number of benzene rings is 1. The second kappa shape index (κ2) is 5.67. The van der Waals surface area contributed by atoms with Gasteiger partial charge in [0.25, 0.3) is 0 Å². The van der Waals surface area contributed by atoms with Crippen molar-refractivity contribution >= 4 is 11.6 Å². The lowest BCUT2D eigenvalue weighted by molar-refractivity contribution is -0.113. The van der Waals surface area contributed by atoms with Gasteiger partial charge in [-0.25, -0.2) is 0 Å². The number of aliphatic hydroxyl groups excluding tert-OH is 1. The van der Waals surface area contributed by atoms with Gasteiger partial charge in [-0.05, 0) is 61.8 Å². The van der Waals surface area contributed by atoms with Gasteiger partial charge in [-0.15, -0.1) is 0 Å². The Balaban J connectivity index is 1.77. The molecule has 1 aliphatic heterocycles. The third-order valence-corrected chi connectivity index (χ3v) is 5.12. The van der Waals surface area contributed by atoms with Crippen LogP contribution in [0.15, 0.2) is 18.2 Å². The molecule has 2 fully saturated rings. The normalized spacial score (nSPS) is 26.9. The summed E-state index contributed by atoms with van der Waals surface area (Å²) in [6, 6.07) is 5.88. The average Bonchev–Trinajstić information content (AvgIpc) is 2.85. The number of aliphatic hydroxyl groups is 1. The maximum absolute atomic E-state index is 10.7. The van der Waals surface area contributed by atoms with Crippen molar-refractivity contribution in [1.29, 1.82) is 0 Å². The monoisotopic (exact) mass is 294 g/mol. The van der Waals surface area contributed by atoms with Crippen LogP contribution in [0, 0.1) is 12.8 Å². The van der Waals surface area contributed by atoms with Crippen LogP contribution in [-0.4, -0.2) is 17.3 Å². The molecule has 20 heavy (non-hydrogen) atoms. The second-order valence-corrected chi connectivity index (χ2v) is 6.93. The lowest BCUT2D eigenvalue weighted by Crippen LogP contribution is -2.39. The van der Waals surface area contributed by atoms with Gasteiger partial charge in [0.2, 0.25) is 0 Å². The zero-order valence-corrected chi connectivity index (χ0v) is 12.8. The number of ether oxygens (including phenoxy) is 1. The molecule has 1 N–H and O–H groups in total. The molecule has 110 valence electrons. The van der Waals surface area contributed by atoms with Crippen molar-refractivity contribution in [2.24, 2.45) is 5.92 Å². The number of hydrogen-bond donors (Lipinski definition) is 1. The van der Waals surface area contributed by atoms with E-state index in [0.717, 1.165) is 43.4 Å². The van der Waals surface area contributed by atoms with Gasteiger partial charge in [0.1, 0.15) is 0 Å². The molecule has 1 aliphatic carbocycles. The SMILES string of the molecule is Cc1cc(Cl)cc(C(O)C2CCOC3(CCCC3)C2)c1. The Morgan fingerprint density at radius 1 is 1.30 bits per heavy atom. The number of halogens is 1. The van der Waals surface area contributed by atoms with Crippen molar-refractivity contribution in [2.45, 2.75) is 57.2 Å². The van der Waals surface area contributed by atoms with Gasteiger partial charge in [0.05, 0.1) is 11.7 Å². The summed E-state index contributed by atoms with van der Waals surface area (Å²) < 4.78 is 6.05. The van der Waals surface area contributed by atoms with Crippen LogP contribution in [0.1, 0.15) is 55.8 Å². The molecule has 0 radical (unpaired) electrons. The van der Waals surface area contributed by atoms with Gasteiger partial charge in [0, 0.05) is 11.6 Å². The fraction of sp³-hybridized carbons (Fsp3) is 0.647. The van der Waals surface area contributed by atoms with E-state index in [1.165, 1.54) is 12.8 Å². The van der Waals surface area contributed by atoms with E-state index in [1.54, 1.807) is 0 Å². The highest BCUT2D eigenvalue weighted by molar-refractivity contribution is 6.30. The van der Waals surface area contributed by atoms with E-state index in [4.69, 9.17) is 16.3 Å². The minimum atomic E-state index is -0.422. The van der Waals surface area contributed by atoms with Crippen LogP contribution >= 0.6 is 11.6 Å². The van der Waals surface area contributed by atoms with Crippen molar-refractivity contribution in [3.05, 3.63) is 34.3 Å². The largest absolute Gasteiger partial charge is 0.388 e. The Hall–Kier alpha value is -0.570. The van der Waals surface area contributed by atoms with E-state index in [0.29, 0.717) is 10.9 Å². The molecule has 0 amide bonds. The van der Waals surface area contributed by atoms with Gasteiger partial charge < -0.3 is 9.84 Å². The molecule has 3 heteroatoms. The lowest BCUT2D eigenvalue weighted by atomic mass is 9.79. The molecule has 0 bridgehead atoms. The van der Waals surface area contributed by atoms with Crippen molar-refractivity contribution in [2.75, 3.05) is 6.61 Å². The van der Waals surface area contributed by atoms with Crippen LogP contribution in [0.5, 0.6) is 0 Å². The summed E-state index contributed by atoms with van der Waals surface area (Å²) in [7, 11) is 0. The standard InChI is InChI=1S/C17H23ClO2/c1-12-8-14(10-15(18)9-12)16(19)13-4-7-20-17(11-13)5-2-3-6-17/h8-10,13,16,19H,2-7,11H2,1H3. The molecule has 1 saturated heterocycles. The second-order valence-electron chi connectivity index (χ2n) is 6.50. The topological polar surface area (TPSA) is 29.5 Å². The number of hydrogen-bond acceptors (Lipinski definition) is 2. The Bertz CT molecular complexity index is 460. The highest BCUT2D eigenvalue weighted by Crippen LogP contribution is 2.45. The van der Waals surface area contributed by atoms with Crippen LogP contribution in [-0.2, 0) is 4.74 Å². The summed E-state index contributed by atoms with van der Waals surface area (Å²) in [5.41, 5.74) is 2.11. The predicted molar refractivity (Wildman–Crippen MR) is 81.0 cm³/mol. The molecule has 1 aromatic rings. The van der Waals surface area contributed by atoms with E-state index in [-0.39, 0.29) is 5.60 Å². The minimum absolute atomic E-state index is 0.0531. The first-order valence-electron chi connectivity index (χ1n) is 7.67. The molecule has 0 aromatic heterocycles. The zero-order chi connectivity index (χ0) is 14.2. The molecule has 3 rings (SSSR count). The van der Waals surface area contributed by atoms with Crippen LogP contribution in [0.25, 0.3) is 0 Å². The Morgan fingerprint density at radius 2 is 2.05 bits per heavy atom. The maximum atomic E-state index is 10.7. The predicted octanol–water partition coefficient (Wildman–Crippen LogP) is 4.42. The number of rotatable bonds is 2. The smallest absolute Gasteiger partial charge is 0.0820 e. The first-order valence-corrected chi connectivity index (χ1v) is 8.05. The van der Waals surface area contributed by atoms with Crippen LogP contribution < -0.4 is 0 Å². The third kappa shape index (κ3) is 2.88. The van der Waals surface area contributed by atoms with E-state index in [9.17, 15) is 5.11 Å². The summed E-state index contributed by atoms with van der Waals surface area (Å²) in [6.07, 6.45) is 6.34. The van der Waals surface area contributed by atoms with E-state index in [2.05, 4.69) is 0 Å². The fourth-order valence-corrected chi connectivity index (χ4v) is 4.21. The summed E-state index contributed by atoms with van der Waals surface area (Å²) in [5.74, 6) is 0.291. The van der Waals surface area contributed by atoms with Crippen LogP contribution in [0.2, 0.25) is 5.02 Å². The highest BCUT2D eigenvalue weighted by Gasteiger charge is 2.41. The van der Waals surface area contributed by atoms with E-state index in [1.807, 2.05) is 25.1 Å². The number of aryl methyl sites for hydroxylation is 1. The zero-order valence-electron chi connectivity index (χ0n) is 12.1. The molecule has 2 unspecified atom stereocenters. The maximum Gasteiger partial charge on any atom is 0.0820 e. The Morgan fingerprint density at radius 3 is 2.75 bits per heavy atom. The van der Waals surface area contributed by atoms with Crippen molar-refractivity contribution in [3.8, 4) is 0 Å². The molecule has 2 atom stereocenters. The first-order chi connectivity index (χ1) is 9.58. The Kier molecular flexibility index (Phi) is 4.07. The summed E-state index contributed by atoms with van der Waals surface area (Å²) in [6.45, 7) is 2.80. The van der Waals surface area contributed by atoms with E-state index < -0.39 is 6.10 Å². The minimum Gasteiger partial charge on any atom is -0.388 e. The van der Waals surface area contributed by atoms with Gasteiger partial charge >= 0.3 is 0 Å². The molecule has 1 saturated carbocycles. The van der Waals surface area contributed by atoms with Gasteiger partial charge in [-0.3, -0.25) is 0 Å². The van der Waals surface area contributed by atoms with Crippen LogP contribution in [0.3, 0.4) is 0 Å². The lowest BCUT2D eigenvalue weighted by Gasteiger charge is -2.40. The Labute approximate surface area is 126 Å². The average molecular weight is 295 g/mol. The quantitative estimate of drug-likeness (QED) is 0.875. The fourth-order valence-electron chi connectivity index (χ4n) is 3.91. The van der Waals surface area contributed by atoms with Gasteiger partial charge in [-0.2, -0.15) is 0 Å². The highest BCUT2D eigenvalue weighted by atomic mass is 35.5. The summed E-state index contributed by atoms with van der Waals surface area (Å²) in [4.78, 5) is 0. The molecule has 2 nitrogen and oxygen atoms in total. The summed E-state index contributed by atoms with van der Waals surface area (Å²) in [5, 5.41) is 11.4. The molecule has 2 aliphatic rings. The molecular weight excluding hydrogens is 272 g/mol. The van der Waals surface area contributed by atoms with Gasteiger partial charge in [-0.1, -0.05) is 30.5 Å². The van der Waals surface area contributed by atoms with Crippen molar-refractivity contribution < 1.29 is 9.84 Å². The van der Waals surface area contributed by atoms with Crippen molar-refractivity contribution in [1.82, 2.24) is 0 Å². The molecular formula is C17H23ClO2. The first kappa shape index (κ1) is 14.4. The van der Waals surface area contributed by atoms with Crippen molar-refractivity contribution in [3.63, 3.8) is 0 Å². The van der Waals surface area contributed by atoms with E-state index >= 15 is 0 Å². The molecule has 1 aromatic carbocycles. The molecule has 1 spiro atoms. The third-order valence-electron chi connectivity index (χ3n) is 4.90.